The molecular formula is C5H5BrN2O2S. The predicted octanol–water partition coefficient (Wildman–Crippen LogP) is 0.876. The molecule has 1 aromatic heterocycles. The standard InChI is InChI=1S/C5H5BrN2O2S/c6-3-1-8(2-4(9)10)5(7)11-3/h1,7H,2H2,(H,9,10). The van der Waals surface area contributed by atoms with Crippen LogP contribution in [0.4, 0.5) is 0 Å². The second-order valence-electron chi connectivity index (χ2n) is 1.86. The summed E-state index contributed by atoms with van der Waals surface area (Å²) in [6.07, 6.45) is 1.58. The van der Waals surface area contributed by atoms with E-state index in [1.165, 1.54) is 15.9 Å². The van der Waals surface area contributed by atoms with Gasteiger partial charge < -0.3 is 9.67 Å². The van der Waals surface area contributed by atoms with Crippen LogP contribution in [-0.4, -0.2) is 15.6 Å². The topological polar surface area (TPSA) is 66.1 Å². The van der Waals surface area contributed by atoms with Gasteiger partial charge in [0.2, 0.25) is 0 Å². The van der Waals surface area contributed by atoms with Gasteiger partial charge in [0.15, 0.2) is 4.80 Å². The van der Waals surface area contributed by atoms with Gasteiger partial charge in [-0.25, -0.2) is 0 Å². The molecule has 1 rings (SSSR count). The van der Waals surface area contributed by atoms with Gasteiger partial charge >= 0.3 is 5.97 Å². The van der Waals surface area contributed by atoms with Gasteiger partial charge in [0.25, 0.3) is 0 Å². The molecule has 1 heterocycles. The maximum absolute atomic E-state index is 10.2. The van der Waals surface area contributed by atoms with Crippen LogP contribution in [0.15, 0.2) is 9.98 Å². The minimum Gasteiger partial charge on any atom is -0.480 e. The minimum atomic E-state index is -0.936. The van der Waals surface area contributed by atoms with Crippen molar-refractivity contribution in [3.8, 4) is 0 Å². The third kappa shape index (κ3) is 2.16. The van der Waals surface area contributed by atoms with Gasteiger partial charge in [0.05, 0.1) is 3.79 Å². The molecule has 0 atom stereocenters. The molecule has 0 saturated heterocycles. The van der Waals surface area contributed by atoms with Crippen LogP contribution in [0.5, 0.6) is 0 Å². The minimum absolute atomic E-state index is 0.152. The molecule has 2 N–H and O–H groups in total. The SMILES string of the molecule is N=c1sc(Br)cn1CC(=O)O. The molecule has 4 nitrogen and oxygen atoms in total. The molecule has 0 amide bonds. The van der Waals surface area contributed by atoms with Gasteiger partial charge in [0.1, 0.15) is 6.54 Å². The number of nitrogens with one attached hydrogen (secondary N) is 1. The average molecular weight is 237 g/mol. The molecule has 0 bridgehead atoms. The highest BCUT2D eigenvalue weighted by atomic mass is 79.9. The van der Waals surface area contributed by atoms with Gasteiger partial charge in [-0.1, -0.05) is 11.3 Å². The van der Waals surface area contributed by atoms with Crippen LogP contribution in [0.25, 0.3) is 0 Å². The summed E-state index contributed by atoms with van der Waals surface area (Å²) in [5.74, 6) is -0.936. The number of hydrogen-bond acceptors (Lipinski definition) is 3. The quantitative estimate of drug-likeness (QED) is 0.801. The lowest BCUT2D eigenvalue weighted by Crippen LogP contribution is -2.17. The number of aliphatic carboxylic acids is 1. The first-order chi connectivity index (χ1) is 5.09. The van der Waals surface area contributed by atoms with Crippen molar-refractivity contribution in [1.82, 2.24) is 4.57 Å². The Balaban J connectivity index is 2.95. The molecule has 0 spiro atoms. The molecule has 0 fully saturated rings. The summed E-state index contributed by atoms with van der Waals surface area (Å²) in [6, 6.07) is 0. The lowest BCUT2D eigenvalue weighted by atomic mass is 10.6. The molecule has 0 unspecified atom stereocenters. The zero-order valence-electron chi connectivity index (χ0n) is 5.37. The lowest BCUT2D eigenvalue weighted by Gasteiger charge is -1.93. The average Bonchev–Trinajstić information content (AvgIpc) is 2.09. The summed E-state index contributed by atoms with van der Waals surface area (Å²) in [7, 11) is 0. The van der Waals surface area contributed by atoms with Crippen LogP contribution in [0.1, 0.15) is 0 Å². The highest BCUT2D eigenvalue weighted by Gasteiger charge is 2.02. The first-order valence-corrected chi connectivity index (χ1v) is 4.32. The van der Waals surface area contributed by atoms with E-state index in [2.05, 4.69) is 15.9 Å². The Bertz CT molecular complexity index is 329. The molecule has 0 radical (unpaired) electrons. The van der Waals surface area contributed by atoms with Crippen molar-refractivity contribution in [3.63, 3.8) is 0 Å². The summed E-state index contributed by atoms with van der Waals surface area (Å²) in [4.78, 5) is 10.5. The Hall–Kier alpha value is -0.620. The van der Waals surface area contributed by atoms with Gasteiger partial charge in [-0.2, -0.15) is 0 Å². The van der Waals surface area contributed by atoms with Crippen LogP contribution < -0.4 is 4.80 Å². The van der Waals surface area contributed by atoms with Crippen molar-refractivity contribution in [2.75, 3.05) is 0 Å². The smallest absolute Gasteiger partial charge is 0.323 e. The molecule has 60 valence electrons. The van der Waals surface area contributed by atoms with Crippen molar-refractivity contribution in [2.45, 2.75) is 6.54 Å². The second-order valence-corrected chi connectivity index (χ2v) is 4.27. The zero-order valence-corrected chi connectivity index (χ0v) is 7.78. The summed E-state index contributed by atoms with van der Waals surface area (Å²) < 4.78 is 2.13. The van der Waals surface area contributed by atoms with Crippen LogP contribution in [0.2, 0.25) is 0 Å². The number of carboxylic acid groups (broad SMARTS) is 1. The fourth-order valence-electron chi connectivity index (χ4n) is 0.622. The Labute approximate surface area is 74.7 Å². The zero-order chi connectivity index (χ0) is 8.43. The molecule has 1 aromatic rings. The van der Waals surface area contributed by atoms with E-state index in [9.17, 15) is 4.79 Å². The first-order valence-electron chi connectivity index (χ1n) is 2.72. The molecule has 0 saturated carbocycles. The molecular weight excluding hydrogens is 232 g/mol. The molecule has 0 aliphatic heterocycles. The first kappa shape index (κ1) is 8.48. The second kappa shape index (κ2) is 3.19. The van der Waals surface area contributed by atoms with E-state index >= 15 is 0 Å². The molecule has 6 heteroatoms. The van der Waals surface area contributed by atoms with Gasteiger partial charge in [-0.05, 0) is 15.9 Å². The lowest BCUT2D eigenvalue weighted by molar-refractivity contribution is -0.137. The molecule has 11 heavy (non-hydrogen) atoms. The summed E-state index contributed by atoms with van der Waals surface area (Å²) >= 11 is 4.35. The normalized spacial score (nSPS) is 9.91. The molecule has 0 aromatic carbocycles. The maximum atomic E-state index is 10.2. The van der Waals surface area contributed by atoms with Crippen LogP contribution in [0, 0.1) is 5.41 Å². The fraction of sp³-hybridized carbons (Fsp3) is 0.200. The number of hydrogen-bond donors (Lipinski definition) is 2. The highest BCUT2D eigenvalue weighted by molar-refractivity contribution is 9.11. The van der Waals surface area contributed by atoms with E-state index < -0.39 is 5.97 Å². The summed E-state index contributed by atoms with van der Waals surface area (Å²) in [6.45, 7) is -0.152. The maximum Gasteiger partial charge on any atom is 0.323 e. The van der Waals surface area contributed by atoms with Gasteiger partial charge in [0, 0.05) is 6.20 Å². The van der Waals surface area contributed by atoms with E-state index in [1.807, 2.05) is 0 Å². The number of carbonyl (C=O) groups is 1. The largest absolute Gasteiger partial charge is 0.480 e. The van der Waals surface area contributed by atoms with Crippen LogP contribution in [0.3, 0.4) is 0 Å². The van der Waals surface area contributed by atoms with E-state index in [0.29, 0.717) is 0 Å². The van der Waals surface area contributed by atoms with Crippen molar-refractivity contribution < 1.29 is 9.90 Å². The fourth-order valence-corrected chi connectivity index (χ4v) is 1.93. The Morgan fingerprint density at radius 1 is 1.91 bits per heavy atom. The van der Waals surface area contributed by atoms with Crippen LogP contribution in [-0.2, 0) is 11.3 Å². The third-order valence-electron chi connectivity index (χ3n) is 1.02. The van der Waals surface area contributed by atoms with Gasteiger partial charge in [-0.15, -0.1) is 0 Å². The van der Waals surface area contributed by atoms with Crippen molar-refractivity contribution in [2.24, 2.45) is 0 Å². The third-order valence-corrected chi connectivity index (χ3v) is 2.44. The highest BCUT2D eigenvalue weighted by Crippen LogP contribution is 2.11. The van der Waals surface area contributed by atoms with Gasteiger partial charge in [-0.3, -0.25) is 10.2 Å². The Morgan fingerprint density at radius 3 is 2.91 bits per heavy atom. The van der Waals surface area contributed by atoms with E-state index in [0.717, 1.165) is 3.79 Å². The number of nitrogens with zero attached hydrogens (tertiary/aromatic N) is 1. The van der Waals surface area contributed by atoms with Crippen LogP contribution >= 0.6 is 27.3 Å². The van der Waals surface area contributed by atoms with Crippen molar-refractivity contribution >= 4 is 33.2 Å². The Kier molecular flexibility index (Phi) is 2.45. The number of rotatable bonds is 2. The number of aromatic nitrogens is 1. The van der Waals surface area contributed by atoms with Crippen molar-refractivity contribution in [3.05, 3.63) is 14.8 Å². The summed E-state index contributed by atoms with van der Waals surface area (Å²) in [5, 5.41) is 15.7. The number of halogens is 1. The molecule has 0 aliphatic carbocycles. The Morgan fingerprint density at radius 2 is 2.55 bits per heavy atom. The van der Waals surface area contributed by atoms with E-state index in [-0.39, 0.29) is 11.3 Å². The molecule has 0 aliphatic rings. The van der Waals surface area contributed by atoms with Crippen molar-refractivity contribution in [1.29, 1.82) is 5.41 Å². The van der Waals surface area contributed by atoms with E-state index in [4.69, 9.17) is 10.5 Å². The number of thiazole rings is 1. The monoisotopic (exact) mass is 236 g/mol. The predicted molar refractivity (Wildman–Crippen MR) is 43.5 cm³/mol. The summed E-state index contributed by atoms with van der Waals surface area (Å²) in [5.41, 5.74) is 0. The van der Waals surface area contributed by atoms with E-state index in [1.54, 1.807) is 6.20 Å². The number of carboxylic acids is 1.